The normalized spacial score (nSPS) is 37.4. The van der Waals surface area contributed by atoms with E-state index >= 15 is 0 Å². The van der Waals surface area contributed by atoms with E-state index in [4.69, 9.17) is 11.6 Å². The highest BCUT2D eigenvalue weighted by Crippen LogP contribution is 2.65. The van der Waals surface area contributed by atoms with Crippen LogP contribution in [0.25, 0.3) is 0 Å². The largest absolute Gasteiger partial charge is 0.324 e. The molecule has 1 N–H and O–H groups in total. The van der Waals surface area contributed by atoms with E-state index in [1.807, 2.05) is 0 Å². The van der Waals surface area contributed by atoms with E-state index in [1.165, 1.54) is 4.90 Å². The summed E-state index contributed by atoms with van der Waals surface area (Å²) in [6.07, 6.45) is 5.39. The van der Waals surface area contributed by atoms with Gasteiger partial charge < -0.3 is 5.32 Å². The van der Waals surface area contributed by atoms with Crippen LogP contribution in [0.15, 0.2) is 36.4 Å². The molecule has 0 spiro atoms. The zero-order valence-electron chi connectivity index (χ0n) is 14.3. The van der Waals surface area contributed by atoms with Crippen molar-refractivity contribution in [1.29, 1.82) is 0 Å². The first-order chi connectivity index (χ1) is 12.5. The molecule has 7 atom stereocenters. The third-order valence-electron chi connectivity index (χ3n) is 6.56. The molecule has 3 fully saturated rings. The van der Waals surface area contributed by atoms with Crippen LogP contribution >= 0.6 is 11.6 Å². The van der Waals surface area contributed by atoms with E-state index in [0.29, 0.717) is 22.5 Å². The van der Waals surface area contributed by atoms with Crippen molar-refractivity contribution in [2.24, 2.45) is 35.5 Å². The van der Waals surface area contributed by atoms with E-state index in [-0.39, 0.29) is 41.4 Å². The number of carbonyl (C=O) groups excluding carboxylic acids is 3. The lowest BCUT2D eigenvalue weighted by atomic mass is 9.63. The van der Waals surface area contributed by atoms with Crippen LogP contribution in [-0.4, -0.2) is 28.7 Å². The van der Waals surface area contributed by atoms with Crippen LogP contribution in [0.4, 0.5) is 5.69 Å². The molecule has 4 aliphatic carbocycles. The number of nitrogens with one attached hydrogen (secondary N) is 1. The van der Waals surface area contributed by atoms with Crippen LogP contribution in [-0.2, 0) is 14.4 Å². The van der Waals surface area contributed by atoms with Crippen molar-refractivity contribution in [2.45, 2.75) is 19.4 Å². The third-order valence-corrected chi connectivity index (χ3v) is 6.79. The average molecular weight is 371 g/mol. The summed E-state index contributed by atoms with van der Waals surface area (Å²) < 4.78 is 0. The van der Waals surface area contributed by atoms with Crippen molar-refractivity contribution in [3.8, 4) is 0 Å². The van der Waals surface area contributed by atoms with E-state index in [2.05, 4.69) is 17.5 Å². The molecule has 1 aromatic carbocycles. The van der Waals surface area contributed by atoms with Gasteiger partial charge in [-0.25, -0.2) is 0 Å². The molecular weight excluding hydrogens is 352 g/mol. The number of rotatable bonds is 3. The zero-order valence-corrected chi connectivity index (χ0v) is 15.0. The summed E-state index contributed by atoms with van der Waals surface area (Å²) in [5.74, 6) is 0.150. The summed E-state index contributed by atoms with van der Waals surface area (Å²) in [5.41, 5.74) is 0.550. The number of hydrogen-bond acceptors (Lipinski definition) is 3. The quantitative estimate of drug-likeness (QED) is 0.657. The Morgan fingerprint density at radius 2 is 1.77 bits per heavy atom. The molecule has 0 unspecified atom stereocenters. The SMILES string of the molecule is C[C@H](C(=O)Nc1cccc(Cl)c1)N1C(=O)[C@@H]2[C@H]3C=C[C@@H]([C@@H]4C[C@H]34)[C@H]2C1=O. The maximum absolute atomic E-state index is 13.0. The highest BCUT2D eigenvalue weighted by molar-refractivity contribution is 6.30. The maximum atomic E-state index is 13.0. The second kappa shape index (κ2) is 5.43. The number of allylic oxidation sites excluding steroid dienone is 2. The minimum absolute atomic E-state index is 0.166. The van der Waals surface area contributed by atoms with Crippen molar-refractivity contribution < 1.29 is 14.4 Å². The first kappa shape index (κ1) is 16.1. The van der Waals surface area contributed by atoms with Crippen LogP contribution < -0.4 is 5.32 Å². The number of amides is 3. The van der Waals surface area contributed by atoms with Crippen molar-refractivity contribution in [2.75, 3.05) is 5.32 Å². The smallest absolute Gasteiger partial charge is 0.247 e. The summed E-state index contributed by atoms with van der Waals surface area (Å²) in [5, 5.41) is 3.26. The summed E-state index contributed by atoms with van der Waals surface area (Å²) in [6.45, 7) is 1.61. The van der Waals surface area contributed by atoms with Crippen molar-refractivity contribution >= 4 is 35.0 Å². The Morgan fingerprint density at radius 1 is 1.15 bits per heavy atom. The van der Waals surface area contributed by atoms with E-state index in [9.17, 15) is 14.4 Å². The molecule has 3 amide bonds. The lowest BCUT2D eigenvalue weighted by Gasteiger charge is -2.37. The summed E-state index contributed by atoms with van der Waals surface area (Å²) >= 11 is 5.94. The van der Waals surface area contributed by atoms with Gasteiger partial charge in [-0.2, -0.15) is 0 Å². The maximum Gasteiger partial charge on any atom is 0.247 e. The molecule has 5 aliphatic rings. The second-order valence-corrected chi connectivity index (χ2v) is 8.31. The molecule has 6 heteroatoms. The van der Waals surface area contributed by atoms with Gasteiger partial charge in [-0.15, -0.1) is 0 Å². The number of anilines is 1. The van der Waals surface area contributed by atoms with Crippen molar-refractivity contribution in [3.05, 3.63) is 41.4 Å². The molecule has 6 rings (SSSR count). The molecule has 0 aromatic heterocycles. The summed E-state index contributed by atoms with van der Waals surface area (Å²) in [7, 11) is 0. The van der Waals surface area contributed by atoms with Gasteiger partial charge in [0.2, 0.25) is 17.7 Å². The summed E-state index contributed by atoms with van der Waals surface area (Å²) in [4.78, 5) is 39.9. The fraction of sp³-hybridized carbons (Fsp3) is 0.450. The van der Waals surface area contributed by atoms with Crippen molar-refractivity contribution in [1.82, 2.24) is 4.90 Å². The standard InChI is InChI=1S/C20H19ClN2O3/c1-9(18(24)22-11-4-2-3-10(21)7-11)23-19(25)16-12-5-6-13(15-8-14(12)15)17(16)20(23)26/h2-7,9,12-17H,8H2,1H3,(H,22,24)/t9-,12+,13+,14-,15+,16-,17-/m1/s1. The van der Waals surface area contributed by atoms with Gasteiger partial charge in [0.05, 0.1) is 11.8 Å². The predicted octanol–water partition coefficient (Wildman–Crippen LogP) is 2.72. The van der Waals surface area contributed by atoms with Crippen LogP contribution in [0.1, 0.15) is 13.3 Å². The van der Waals surface area contributed by atoms with Gasteiger partial charge in [0.1, 0.15) is 6.04 Å². The van der Waals surface area contributed by atoms with Gasteiger partial charge in [0.15, 0.2) is 0 Å². The van der Waals surface area contributed by atoms with Gasteiger partial charge in [0.25, 0.3) is 0 Å². The number of hydrogen-bond donors (Lipinski definition) is 1. The first-order valence-electron chi connectivity index (χ1n) is 9.09. The summed E-state index contributed by atoms with van der Waals surface area (Å²) in [6, 6.07) is 5.97. The molecule has 26 heavy (non-hydrogen) atoms. The number of imide groups is 1. The molecule has 1 aromatic rings. The molecule has 1 aliphatic heterocycles. The Morgan fingerprint density at radius 3 is 2.35 bits per heavy atom. The lowest BCUT2D eigenvalue weighted by Crippen LogP contribution is -2.46. The van der Waals surface area contributed by atoms with Gasteiger partial charge >= 0.3 is 0 Å². The Hall–Kier alpha value is -2.14. The average Bonchev–Trinajstić information content (AvgIpc) is 3.39. The number of carbonyl (C=O) groups is 3. The highest BCUT2D eigenvalue weighted by Gasteiger charge is 2.67. The molecule has 1 heterocycles. The lowest BCUT2D eigenvalue weighted by molar-refractivity contribution is -0.146. The first-order valence-corrected chi connectivity index (χ1v) is 9.47. The van der Waals surface area contributed by atoms with Gasteiger partial charge in [0, 0.05) is 10.7 Å². The van der Waals surface area contributed by atoms with Gasteiger partial charge in [-0.05, 0) is 55.2 Å². The van der Waals surface area contributed by atoms with Gasteiger partial charge in [-0.3, -0.25) is 19.3 Å². The Bertz CT molecular complexity index is 830. The number of halogens is 1. The van der Waals surface area contributed by atoms with E-state index < -0.39 is 6.04 Å². The van der Waals surface area contributed by atoms with Crippen LogP contribution in [0.2, 0.25) is 5.02 Å². The van der Waals surface area contributed by atoms with Crippen molar-refractivity contribution in [3.63, 3.8) is 0 Å². The van der Waals surface area contributed by atoms with E-state index in [0.717, 1.165) is 6.42 Å². The fourth-order valence-corrected chi connectivity index (χ4v) is 5.48. The third kappa shape index (κ3) is 2.13. The number of likely N-dealkylation sites (tertiary alicyclic amines) is 1. The van der Waals surface area contributed by atoms with Crippen LogP contribution in [0, 0.1) is 35.5 Å². The van der Waals surface area contributed by atoms with E-state index in [1.54, 1.807) is 31.2 Å². The minimum Gasteiger partial charge on any atom is -0.324 e. The monoisotopic (exact) mass is 370 g/mol. The molecule has 2 bridgehead atoms. The molecule has 1 saturated heterocycles. The zero-order chi connectivity index (χ0) is 18.2. The molecule has 5 nitrogen and oxygen atoms in total. The topological polar surface area (TPSA) is 66.5 Å². The Labute approximate surface area is 156 Å². The minimum atomic E-state index is -0.838. The van der Waals surface area contributed by atoms with Crippen LogP contribution in [0.3, 0.4) is 0 Å². The molecule has 2 saturated carbocycles. The second-order valence-electron chi connectivity index (χ2n) is 7.88. The number of nitrogens with zero attached hydrogens (tertiary/aromatic N) is 1. The fourth-order valence-electron chi connectivity index (χ4n) is 5.29. The Kier molecular flexibility index (Phi) is 3.35. The predicted molar refractivity (Wildman–Crippen MR) is 96.1 cm³/mol. The molecule has 134 valence electrons. The van der Waals surface area contributed by atoms with Crippen LogP contribution in [0.5, 0.6) is 0 Å². The molecule has 0 radical (unpaired) electrons. The highest BCUT2D eigenvalue weighted by atomic mass is 35.5. The van der Waals surface area contributed by atoms with Gasteiger partial charge in [-0.1, -0.05) is 29.8 Å². The molecular formula is C20H19ClN2O3. The number of benzene rings is 1. The Balaban J connectivity index is 1.38.